The fraction of sp³-hybridized carbons (Fsp3) is 0.375. The molecule has 0 aromatic heterocycles. The first-order valence-electron chi connectivity index (χ1n) is 7.53. The number of carbonyl (C=O) groups is 4. The molecule has 134 valence electrons. The van der Waals surface area contributed by atoms with Crippen molar-refractivity contribution in [2.75, 3.05) is 12.4 Å². The predicted octanol–water partition coefficient (Wildman–Crippen LogP) is 0.983. The van der Waals surface area contributed by atoms with Crippen molar-refractivity contribution >= 4 is 29.4 Å². The van der Waals surface area contributed by atoms with Crippen LogP contribution < -0.4 is 10.6 Å². The Morgan fingerprint density at radius 3 is 2.32 bits per heavy atom. The van der Waals surface area contributed by atoms with Gasteiger partial charge in [-0.15, -0.1) is 5.06 Å². The van der Waals surface area contributed by atoms with Gasteiger partial charge in [-0.2, -0.15) is 0 Å². The van der Waals surface area contributed by atoms with Crippen LogP contribution in [-0.2, 0) is 19.2 Å². The number of hydrogen-bond acceptors (Lipinski definition) is 6. The SMILES string of the molecule is CNC(=O)c1ccc(NC(C)(C)C(=O)ON2C(=O)CCC2=O)cc1F. The number of rotatable bonds is 5. The minimum absolute atomic E-state index is 0.00780. The van der Waals surface area contributed by atoms with Crippen molar-refractivity contribution in [3.63, 3.8) is 0 Å². The third-order valence-corrected chi connectivity index (χ3v) is 3.59. The van der Waals surface area contributed by atoms with Crippen LogP contribution in [0, 0.1) is 5.82 Å². The lowest BCUT2D eigenvalue weighted by molar-refractivity contribution is -0.200. The average Bonchev–Trinajstić information content (AvgIpc) is 2.85. The summed E-state index contributed by atoms with van der Waals surface area (Å²) in [6.45, 7) is 2.90. The highest BCUT2D eigenvalue weighted by molar-refractivity contribution is 6.02. The normalized spacial score (nSPS) is 14.5. The highest BCUT2D eigenvalue weighted by Crippen LogP contribution is 2.21. The van der Waals surface area contributed by atoms with E-state index in [1.54, 1.807) is 0 Å². The molecule has 1 aromatic rings. The molecule has 1 aromatic carbocycles. The second-order valence-corrected chi connectivity index (χ2v) is 5.98. The Bertz CT molecular complexity index is 731. The number of carbonyl (C=O) groups excluding carboxylic acids is 4. The third kappa shape index (κ3) is 3.93. The number of anilines is 1. The maximum Gasteiger partial charge on any atom is 0.357 e. The van der Waals surface area contributed by atoms with Gasteiger partial charge in [0.2, 0.25) is 0 Å². The van der Waals surface area contributed by atoms with Gasteiger partial charge in [0.05, 0.1) is 5.56 Å². The molecule has 0 aliphatic carbocycles. The van der Waals surface area contributed by atoms with E-state index in [-0.39, 0.29) is 24.1 Å². The van der Waals surface area contributed by atoms with Gasteiger partial charge in [-0.1, -0.05) is 0 Å². The van der Waals surface area contributed by atoms with Crippen molar-refractivity contribution in [2.45, 2.75) is 32.2 Å². The number of hydrogen-bond donors (Lipinski definition) is 2. The van der Waals surface area contributed by atoms with E-state index < -0.39 is 35.0 Å². The zero-order valence-electron chi connectivity index (χ0n) is 14.0. The van der Waals surface area contributed by atoms with Crippen molar-refractivity contribution in [3.05, 3.63) is 29.6 Å². The van der Waals surface area contributed by atoms with Gasteiger partial charge in [-0.05, 0) is 32.0 Å². The summed E-state index contributed by atoms with van der Waals surface area (Å²) in [5.74, 6) is -3.40. The molecule has 0 bridgehead atoms. The zero-order valence-corrected chi connectivity index (χ0v) is 14.0. The van der Waals surface area contributed by atoms with E-state index in [9.17, 15) is 23.6 Å². The van der Waals surface area contributed by atoms with E-state index >= 15 is 0 Å². The van der Waals surface area contributed by atoms with Gasteiger partial charge in [0.15, 0.2) is 0 Å². The monoisotopic (exact) mass is 351 g/mol. The van der Waals surface area contributed by atoms with Crippen molar-refractivity contribution in [1.29, 1.82) is 0 Å². The minimum Gasteiger partial charge on any atom is -0.370 e. The second kappa shape index (κ2) is 6.88. The Morgan fingerprint density at radius 1 is 1.20 bits per heavy atom. The van der Waals surface area contributed by atoms with E-state index in [1.165, 1.54) is 33.0 Å². The van der Waals surface area contributed by atoms with Crippen LogP contribution >= 0.6 is 0 Å². The molecule has 0 unspecified atom stereocenters. The van der Waals surface area contributed by atoms with Crippen molar-refractivity contribution < 1.29 is 28.4 Å². The average molecular weight is 351 g/mol. The molecule has 0 atom stereocenters. The zero-order chi connectivity index (χ0) is 18.8. The van der Waals surface area contributed by atoms with Crippen molar-refractivity contribution in [1.82, 2.24) is 10.4 Å². The van der Waals surface area contributed by atoms with Crippen LogP contribution in [0.2, 0.25) is 0 Å². The topological polar surface area (TPSA) is 105 Å². The maximum absolute atomic E-state index is 14.0. The Balaban J connectivity index is 2.11. The molecule has 8 nitrogen and oxygen atoms in total. The molecular formula is C16H18FN3O5. The molecule has 2 rings (SSSR count). The summed E-state index contributed by atoms with van der Waals surface area (Å²) >= 11 is 0. The molecule has 2 N–H and O–H groups in total. The Hall–Kier alpha value is -2.97. The first-order chi connectivity index (χ1) is 11.7. The summed E-state index contributed by atoms with van der Waals surface area (Å²) in [4.78, 5) is 51.6. The van der Waals surface area contributed by atoms with Gasteiger partial charge in [0.1, 0.15) is 11.4 Å². The minimum atomic E-state index is -1.36. The smallest absolute Gasteiger partial charge is 0.357 e. The van der Waals surface area contributed by atoms with Crippen LogP contribution in [-0.4, -0.2) is 41.3 Å². The van der Waals surface area contributed by atoms with Crippen LogP contribution in [0.15, 0.2) is 18.2 Å². The molecule has 9 heteroatoms. The van der Waals surface area contributed by atoms with Crippen LogP contribution in [0.5, 0.6) is 0 Å². The molecule has 1 fully saturated rings. The van der Waals surface area contributed by atoms with E-state index in [2.05, 4.69) is 10.6 Å². The fourth-order valence-electron chi connectivity index (χ4n) is 2.18. The summed E-state index contributed by atoms with van der Waals surface area (Å²) in [6, 6.07) is 3.76. The van der Waals surface area contributed by atoms with Crippen molar-refractivity contribution in [3.8, 4) is 0 Å². The highest BCUT2D eigenvalue weighted by Gasteiger charge is 2.38. The number of imide groups is 1. The van der Waals surface area contributed by atoms with Gasteiger partial charge >= 0.3 is 5.97 Å². The van der Waals surface area contributed by atoms with Gasteiger partial charge in [0, 0.05) is 25.6 Å². The quantitative estimate of drug-likeness (QED) is 0.767. The number of halogens is 1. The van der Waals surface area contributed by atoms with Gasteiger partial charge in [0.25, 0.3) is 17.7 Å². The van der Waals surface area contributed by atoms with Gasteiger partial charge < -0.3 is 15.5 Å². The number of benzene rings is 1. The van der Waals surface area contributed by atoms with E-state index in [1.807, 2.05) is 0 Å². The molecule has 1 saturated heterocycles. The van der Waals surface area contributed by atoms with E-state index in [0.29, 0.717) is 5.06 Å². The standard InChI is InChI=1S/C16H18FN3O5/c1-16(2,15(24)25-20-12(21)6-7-13(20)22)19-9-4-5-10(11(17)8-9)14(23)18-3/h4-5,8,19H,6-7H2,1-3H3,(H,18,23). The molecule has 1 heterocycles. The van der Waals surface area contributed by atoms with E-state index in [0.717, 1.165) is 6.07 Å². The van der Waals surface area contributed by atoms with Gasteiger partial charge in [-0.3, -0.25) is 14.4 Å². The first-order valence-corrected chi connectivity index (χ1v) is 7.53. The Labute approximate surface area is 143 Å². The van der Waals surface area contributed by atoms with Crippen LogP contribution in [0.25, 0.3) is 0 Å². The van der Waals surface area contributed by atoms with Crippen molar-refractivity contribution in [2.24, 2.45) is 0 Å². The Kier molecular flexibility index (Phi) is 5.05. The molecule has 1 aliphatic rings. The second-order valence-electron chi connectivity index (χ2n) is 5.98. The van der Waals surface area contributed by atoms with Crippen LogP contribution in [0.1, 0.15) is 37.0 Å². The summed E-state index contributed by atoms with van der Waals surface area (Å²) in [6.07, 6.45) is -0.0156. The number of nitrogens with zero attached hydrogens (tertiary/aromatic N) is 1. The summed E-state index contributed by atoms with van der Waals surface area (Å²) in [7, 11) is 1.38. The Morgan fingerprint density at radius 2 is 1.80 bits per heavy atom. The molecule has 0 spiro atoms. The number of nitrogens with one attached hydrogen (secondary N) is 2. The highest BCUT2D eigenvalue weighted by atomic mass is 19.1. The van der Waals surface area contributed by atoms with Crippen LogP contribution in [0.4, 0.5) is 10.1 Å². The molecule has 1 aliphatic heterocycles. The molecule has 3 amide bonds. The summed E-state index contributed by atoms with van der Waals surface area (Å²) < 4.78 is 14.0. The molecular weight excluding hydrogens is 333 g/mol. The van der Waals surface area contributed by atoms with Gasteiger partial charge in [-0.25, -0.2) is 9.18 Å². The lowest BCUT2D eigenvalue weighted by Crippen LogP contribution is -2.46. The number of hydroxylamine groups is 2. The van der Waals surface area contributed by atoms with Crippen LogP contribution in [0.3, 0.4) is 0 Å². The first kappa shape index (κ1) is 18.4. The molecule has 0 saturated carbocycles. The maximum atomic E-state index is 14.0. The molecule has 25 heavy (non-hydrogen) atoms. The summed E-state index contributed by atoms with van der Waals surface area (Å²) in [5.41, 5.74) is -1.27. The summed E-state index contributed by atoms with van der Waals surface area (Å²) in [5, 5.41) is 5.51. The largest absolute Gasteiger partial charge is 0.370 e. The fourth-order valence-corrected chi connectivity index (χ4v) is 2.18. The number of amides is 3. The lowest BCUT2D eigenvalue weighted by atomic mass is 10.0. The predicted molar refractivity (Wildman–Crippen MR) is 84.7 cm³/mol. The molecule has 0 radical (unpaired) electrons. The third-order valence-electron chi connectivity index (χ3n) is 3.59. The lowest BCUT2D eigenvalue weighted by Gasteiger charge is -2.26. The van der Waals surface area contributed by atoms with E-state index in [4.69, 9.17) is 4.84 Å².